The first-order chi connectivity index (χ1) is 60.4. The van der Waals surface area contributed by atoms with Crippen molar-refractivity contribution in [1.82, 2.24) is 24.9 Å². The number of benzene rings is 7. The zero-order valence-electron chi connectivity index (χ0n) is 72.1. The number of fused-ring (bicyclic) bond motifs is 15. The molecule has 0 unspecified atom stereocenters. The van der Waals surface area contributed by atoms with E-state index in [0.717, 1.165) is 202 Å². The lowest BCUT2D eigenvalue weighted by Crippen LogP contribution is -2.18. The molecule has 16 bridgehead atoms. The number of aliphatic imine (C=N–C) groups is 1. The quantitative estimate of drug-likeness (QED) is 0.0296. The summed E-state index contributed by atoms with van der Waals surface area (Å²) < 4.78 is 21.5. The van der Waals surface area contributed by atoms with Gasteiger partial charge in [0.2, 0.25) is 0 Å². The summed E-state index contributed by atoms with van der Waals surface area (Å²) in [5.74, 6) is 9.72. The van der Waals surface area contributed by atoms with Gasteiger partial charge in [0.05, 0.1) is 54.0 Å². The van der Waals surface area contributed by atoms with Crippen molar-refractivity contribution in [2.75, 3.05) is 19.8 Å². The van der Waals surface area contributed by atoms with Crippen LogP contribution >= 0.6 is 22.7 Å². The van der Waals surface area contributed by atoms with Crippen LogP contribution in [0.4, 0.5) is 0 Å². The minimum absolute atomic E-state index is 0.334. The van der Waals surface area contributed by atoms with Gasteiger partial charge in [-0.3, -0.25) is 0 Å². The molecule has 123 heavy (non-hydrogen) atoms. The number of aromatic amines is 3. The molecule has 13 aromatic rings. The van der Waals surface area contributed by atoms with Crippen molar-refractivity contribution in [3.63, 3.8) is 0 Å². The van der Waals surface area contributed by atoms with Gasteiger partial charge in [-0.1, -0.05) is 249 Å². The summed E-state index contributed by atoms with van der Waals surface area (Å²) >= 11 is 3.65. The Morgan fingerprint density at radius 2 is 0.691 bits per heavy atom. The van der Waals surface area contributed by atoms with Gasteiger partial charge in [-0.25, -0.2) is 15.0 Å². The molecule has 4 aliphatic rings. The Bertz CT molecular complexity index is 6420. The van der Waals surface area contributed by atoms with Crippen molar-refractivity contribution in [1.29, 1.82) is 0 Å². The third-order valence-electron chi connectivity index (χ3n) is 24.2. The van der Waals surface area contributed by atoms with Gasteiger partial charge in [-0.2, -0.15) is 0 Å². The smallest absolute Gasteiger partial charge is 0.119 e. The lowest BCUT2D eigenvalue weighted by Gasteiger charge is -2.22. The molecule has 0 spiro atoms. The molecule has 0 amide bonds. The molecule has 0 aliphatic carbocycles. The fourth-order valence-corrected chi connectivity index (χ4v) is 19.5. The second-order valence-electron chi connectivity index (χ2n) is 33.6. The topological polar surface area (TPSA) is 113 Å². The van der Waals surface area contributed by atoms with E-state index in [-0.39, 0.29) is 5.41 Å². The average molecular weight is 1650 g/mol. The number of nitrogens with one attached hydrogen (secondary N) is 3. The first kappa shape index (κ1) is 83.0. The van der Waals surface area contributed by atoms with E-state index in [1.54, 1.807) is 11.3 Å². The van der Waals surface area contributed by atoms with Crippen LogP contribution in [-0.2, 0) is 5.41 Å². The summed E-state index contributed by atoms with van der Waals surface area (Å²) in [5.41, 5.74) is 29.7. The first-order valence-electron chi connectivity index (χ1n) is 44.8. The molecule has 6 aromatic heterocycles. The Morgan fingerprint density at radius 3 is 1.11 bits per heavy atom. The fourth-order valence-electron chi connectivity index (χ4n) is 17.2. The summed E-state index contributed by atoms with van der Waals surface area (Å²) in [6.45, 7) is 17.8. The van der Waals surface area contributed by atoms with Crippen molar-refractivity contribution in [2.24, 2.45) is 4.99 Å². The van der Waals surface area contributed by atoms with Crippen molar-refractivity contribution in [3.8, 4) is 73.6 Å². The summed E-state index contributed by atoms with van der Waals surface area (Å²) in [6, 6.07) is 83.4. The standard InChI is InChI=1S/C112H110N6O3S2/c1-8-11-14-17-20-23-72-119-86-50-44-80(45-51-86)106-91-58-56-89(113-91)105(90-57-59-92(114-90)107(81-46-52-87(53-47-81)120-73-24-21-18-15-12-9-2)94-61-63-96(116-94)108(95-62-60-93(106)115-95)82-48-54-88(55-49-82)121-74-25-22-19-16-13-10-3)79-40-32-77(33-41-79)30-31-78-34-42-85(43-35-78)111-99-66-70-103(118-99)112(6,7)104-71-69-102(123-104)110(84-38-28-76(5)29-39-84)98-65-64-97(117-98)109(100-67-68-101(111)122-100)83-36-26-75(4)27-37-83/h26-29,32-71,113,116,118H,8-25,72-74H2,1-7H3/b105-89?,105-90?,106-91?,106-93?,107-92?,107-94?,108-95?,108-96?,109-100-,110-98-,111-101-. The van der Waals surface area contributed by atoms with Crippen molar-refractivity contribution in [2.45, 2.75) is 169 Å². The van der Waals surface area contributed by atoms with Gasteiger partial charge in [-0.05, 0) is 244 Å². The van der Waals surface area contributed by atoms with E-state index < -0.39 is 0 Å². The van der Waals surface area contributed by atoms with Crippen LogP contribution in [0.2, 0.25) is 0 Å². The lowest BCUT2D eigenvalue weighted by molar-refractivity contribution is 0.304. The highest BCUT2D eigenvalue weighted by Crippen LogP contribution is 2.45. The zero-order chi connectivity index (χ0) is 84.0. The molecule has 3 N–H and O–H groups in total. The van der Waals surface area contributed by atoms with Crippen LogP contribution in [0.5, 0.6) is 17.2 Å². The maximum absolute atomic E-state index is 6.42. The van der Waals surface area contributed by atoms with Crippen LogP contribution in [0.1, 0.15) is 233 Å². The summed E-state index contributed by atoms with van der Waals surface area (Å²) in [6.07, 6.45) is 34.8. The number of hydrogen-bond acceptors (Lipinski definition) is 8. The Hall–Kier alpha value is -12.3. The van der Waals surface area contributed by atoms with Crippen molar-refractivity contribution < 1.29 is 14.2 Å². The Labute approximate surface area is 733 Å². The molecule has 17 rings (SSSR count). The van der Waals surface area contributed by atoms with E-state index >= 15 is 0 Å². The Morgan fingerprint density at radius 1 is 0.325 bits per heavy atom. The molecule has 0 saturated heterocycles. The maximum Gasteiger partial charge on any atom is 0.119 e. The molecule has 9 nitrogen and oxygen atoms in total. The number of H-pyrrole nitrogens is 3. The lowest BCUT2D eigenvalue weighted by atomic mass is 9.88. The van der Waals surface area contributed by atoms with E-state index in [9.17, 15) is 0 Å². The Kier molecular flexibility index (Phi) is 26.2. The summed E-state index contributed by atoms with van der Waals surface area (Å²) in [4.78, 5) is 31.4. The number of hydrogen-bond donors (Lipinski definition) is 3. The van der Waals surface area contributed by atoms with Crippen LogP contribution < -0.4 is 23.3 Å². The van der Waals surface area contributed by atoms with Gasteiger partial charge in [0, 0.05) is 108 Å². The highest BCUT2D eigenvalue weighted by molar-refractivity contribution is 7.13. The van der Waals surface area contributed by atoms with E-state index in [1.165, 1.54) is 117 Å². The molecule has 0 saturated carbocycles. The highest BCUT2D eigenvalue weighted by atomic mass is 32.1. The minimum Gasteiger partial charge on any atom is -0.494 e. The number of unbranched alkanes of at least 4 members (excludes halogenated alkanes) is 15. The SMILES string of the molecule is CCCCCCCCOc1ccc(-c2c3nc(c(-c4ccc(OCCCCCCCC)cc4)c4ccc([nH]4)c(-c4ccc(OCCCCCCCC)cc4)c4nc(c(-c5ccc(C#Cc6ccc(/C7=c8\cc/c(s8)=C(\c8ccc(C)cc8)C8=N/C(=C(/c9ccc(C)cc9)c9ccc(s9)C(C)(C)c9ccc7[nH]9)C=C8)cc6)cc5)c5ccc2[nH]5)C=C4)C=C3)cc1. The summed E-state index contributed by atoms with van der Waals surface area (Å²) in [7, 11) is 0. The van der Waals surface area contributed by atoms with E-state index in [0.29, 0.717) is 19.8 Å². The van der Waals surface area contributed by atoms with Crippen LogP contribution in [0.15, 0.2) is 253 Å². The van der Waals surface area contributed by atoms with Gasteiger partial charge in [0.25, 0.3) is 0 Å². The average Bonchev–Trinajstić information content (AvgIpc) is 1.61. The molecule has 618 valence electrons. The van der Waals surface area contributed by atoms with Crippen LogP contribution in [0.25, 0.3) is 108 Å². The number of nitrogens with zero attached hydrogens (tertiary/aromatic N) is 3. The number of rotatable bonds is 31. The van der Waals surface area contributed by atoms with Crippen molar-refractivity contribution in [3.05, 3.63) is 340 Å². The van der Waals surface area contributed by atoms with Gasteiger partial charge in [0.1, 0.15) is 17.2 Å². The van der Waals surface area contributed by atoms with Crippen molar-refractivity contribution >= 4 is 91.5 Å². The van der Waals surface area contributed by atoms with Gasteiger partial charge in [-0.15, -0.1) is 22.7 Å². The summed E-state index contributed by atoms with van der Waals surface area (Å²) in [5, 5.41) is 0. The number of aromatic nitrogens is 5. The van der Waals surface area contributed by atoms with Crippen LogP contribution in [-0.4, -0.2) is 50.5 Å². The second kappa shape index (κ2) is 38.8. The second-order valence-corrected chi connectivity index (χ2v) is 35.8. The fraction of sp³-hybridized carbons (Fsp3) is 0.259. The molecule has 11 heteroatoms. The van der Waals surface area contributed by atoms with Gasteiger partial charge >= 0.3 is 0 Å². The number of allylic oxidation sites excluding steroid dienone is 2. The molecule has 0 fully saturated rings. The normalized spacial score (nSPS) is 14.7. The molecule has 0 atom stereocenters. The van der Waals surface area contributed by atoms with E-state index in [2.05, 4.69) is 342 Å². The number of aryl methyl sites for hydroxylation is 2. The monoisotopic (exact) mass is 1650 g/mol. The third-order valence-corrected chi connectivity index (χ3v) is 26.8. The Balaban J connectivity index is 0.754. The number of ether oxygens (including phenoxy) is 3. The number of thiophene rings is 2. The molecular formula is C112H110N6O3S2. The van der Waals surface area contributed by atoms with Crippen LogP contribution in [0, 0.1) is 25.7 Å². The first-order valence-corrected chi connectivity index (χ1v) is 46.4. The molecule has 7 aromatic carbocycles. The molecule has 10 heterocycles. The zero-order valence-corrected chi connectivity index (χ0v) is 73.8. The molecule has 4 aliphatic heterocycles. The molecule has 0 radical (unpaired) electrons. The van der Waals surface area contributed by atoms with Crippen LogP contribution in [0.3, 0.4) is 0 Å². The highest BCUT2D eigenvalue weighted by Gasteiger charge is 2.30. The maximum atomic E-state index is 6.42. The predicted octanol–water partition coefficient (Wildman–Crippen LogP) is 28.6. The van der Waals surface area contributed by atoms with Gasteiger partial charge in [0.15, 0.2) is 0 Å². The minimum atomic E-state index is -0.334. The van der Waals surface area contributed by atoms with Gasteiger partial charge < -0.3 is 29.2 Å². The van der Waals surface area contributed by atoms with E-state index in [4.69, 9.17) is 29.2 Å². The molecular weight excluding hydrogens is 1540 g/mol. The van der Waals surface area contributed by atoms with E-state index in [1.807, 2.05) is 11.3 Å². The largest absolute Gasteiger partial charge is 0.494 e. The predicted molar refractivity (Wildman–Crippen MR) is 520 cm³/mol. The third kappa shape index (κ3) is 19.1.